The zero-order chi connectivity index (χ0) is 20.5. The zero-order valence-corrected chi connectivity index (χ0v) is 15.8. The van der Waals surface area contributed by atoms with Crippen LogP contribution in [-0.2, 0) is 14.3 Å². The minimum Gasteiger partial charge on any atom is -0.452 e. The number of anilines is 1. The van der Waals surface area contributed by atoms with Crippen LogP contribution in [0.4, 0.5) is 5.69 Å². The van der Waals surface area contributed by atoms with E-state index in [0.717, 1.165) is 0 Å². The molecule has 0 aromatic heterocycles. The molecule has 8 heteroatoms. The molecule has 2 amide bonds. The van der Waals surface area contributed by atoms with Crippen molar-refractivity contribution in [3.05, 3.63) is 64.7 Å². The van der Waals surface area contributed by atoms with E-state index in [9.17, 15) is 14.4 Å². The number of hydrogen-bond acceptors (Lipinski definition) is 5. The molecule has 0 aliphatic heterocycles. The van der Waals surface area contributed by atoms with Gasteiger partial charge in [0.25, 0.3) is 11.8 Å². The summed E-state index contributed by atoms with van der Waals surface area (Å²) in [4.78, 5) is 35.8. The van der Waals surface area contributed by atoms with E-state index in [1.54, 1.807) is 48.5 Å². The number of carbonyl (C=O) groups excluding carboxylic acids is 3. The number of benzene rings is 2. The van der Waals surface area contributed by atoms with Crippen LogP contribution in [0, 0.1) is 11.3 Å². The average Bonchev–Trinajstić information content (AvgIpc) is 2.68. The first kappa shape index (κ1) is 20.9. The van der Waals surface area contributed by atoms with Crippen molar-refractivity contribution in [1.29, 1.82) is 5.26 Å². The van der Waals surface area contributed by atoms with Gasteiger partial charge in [0.05, 0.1) is 18.1 Å². The molecule has 1 atom stereocenters. The van der Waals surface area contributed by atoms with Gasteiger partial charge >= 0.3 is 5.97 Å². The van der Waals surface area contributed by atoms with E-state index in [0.29, 0.717) is 21.8 Å². The Kier molecular flexibility index (Phi) is 7.55. The Morgan fingerprint density at radius 3 is 2.36 bits per heavy atom. The number of nitrogens with one attached hydrogen (secondary N) is 2. The SMILES string of the molecule is C[C@@H](OC(=O)CCNC(=O)c1ccc(Cl)cc1)C(=O)Nc1ccc(C#N)cc1. The van der Waals surface area contributed by atoms with Crippen LogP contribution in [0.2, 0.25) is 5.02 Å². The van der Waals surface area contributed by atoms with E-state index in [1.807, 2.05) is 6.07 Å². The Morgan fingerprint density at radius 1 is 1.11 bits per heavy atom. The summed E-state index contributed by atoms with van der Waals surface area (Å²) in [7, 11) is 0. The first-order valence-electron chi connectivity index (χ1n) is 8.43. The number of nitrogens with zero attached hydrogens (tertiary/aromatic N) is 1. The second-order valence-electron chi connectivity index (χ2n) is 5.82. The Bertz CT molecular complexity index is 889. The van der Waals surface area contributed by atoms with Gasteiger partial charge in [-0.2, -0.15) is 5.26 Å². The summed E-state index contributed by atoms with van der Waals surface area (Å²) >= 11 is 5.76. The van der Waals surface area contributed by atoms with Gasteiger partial charge in [0, 0.05) is 22.8 Å². The van der Waals surface area contributed by atoms with Gasteiger partial charge in [-0.05, 0) is 55.5 Å². The van der Waals surface area contributed by atoms with Gasteiger partial charge in [0.2, 0.25) is 0 Å². The quantitative estimate of drug-likeness (QED) is 0.696. The van der Waals surface area contributed by atoms with Crippen LogP contribution in [0.3, 0.4) is 0 Å². The Hall–Kier alpha value is -3.37. The van der Waals surface area contributed by atoms with Crippen LogP contribution in [0.25, 0.3) is 0 Å². The van der Waals surface area contributed by atoms with E-state index in [1.165, 1.54) is 6.92 Å². The second-order valence-corrected chi connectivity index (χ2v) is 6.26. The fourth-order valence-corrected chi connectivity index (χ4v) is 2.29. The van der Waals surface area contributed by atoms with Crippen molar-refractivity contribution in [2.75, 3.05) is 11.9 Å². The van der Waals surface area contributed by atoms with E-state index < -0.39 is 18.0 Å². The number of nitriles is 1. The maximum Gasteiger partial charge on any atom is 0.308 e. The largest absolute Gasteiger partial charge is 0.452 e. The molecule has 0 spiro atoms. The zero-order valence-electron chi connectivity index (χ0n) is 15.1. The summed E-state index contributed by atoms with van der Waals surface area (Å²) in [6.45, 7) is 1.52. The highest BCUT2D eigenvalue weighted by molar-refractivity contribution is 6.30. The van der Waals surface area contributed by atoms with Gasteiger partial charge in [-0.15, -0.1) is 0 Å². The van der Waals surface area contributed by atoms with E-state index in [-0.39, 0.29) is 18.9 Å². The smallest absolute Gasteiger partial charge is 0.308 e. The van der Waals surface area contributed by atoms with Crippen molar-refractivity contribution in [1.82, 2.24) is 5.32 Å². The molecule has 0 bridgehead atoms. The highest BCUT2D eigenvalue weighted by Gasteiger charge is 2.18. The lowest BCUT2D eigenvalue weighted by molar-refractivity contribution is -0.153. The number of halogens is 1. The first-order chi connectivity index (χ1) is 13.4. The molecule has 0 unspecified atom stereocenters. The predicted octanol–water partition coefficient (Wildman–Crippen LogP) is 2.90. The molecule has 7 nitrogen and oxygen atoms in total. The number of carbonyl (C=O) groups is 3. The minimum atomic E-state index is -1.00. The summed E-state index contributed by atoms with van der Waals surface area (Å²) in [6.07, 6.45) is -1.08. The van der Waals surface area contributed by atoms with E-state index in [4.69, 9.17) is 21.6 Å². The molecule has 28 heavy (non-hydrogen) atoms. The monoisotopic (exact) mass is 399 g/mol. The van der Waals surface area contributed by atoms with Crippen LogP contribution in [0.15, 0.2) is 48.5 Å². The van der Waals surface area contributed by atoms with Gasteiger partial charge in [-0.25, -0.2) is 0 Å². The molecular formula is C20H18ClN3O4. The van der Waals surface area contributed by atoms with Crippen LogP contribution in [0.5, 0.6) is 0 Å². The van der Waals surface area contributed by atoms with E-state index >= 15 is 0 Å². The molecule has 2 aromatic rings. The fourth-order valence-electron chi connectivity index (χ4n) is 2.16. The normalized spacial score (nSPS) is 11.0. The average molecular weight is 400 g/mol. The summed E-state index contributed by atoms with van der Waals surface area (Å²) in [5, 5.41) is 14.5. The Labute approximate surface area is 167 Å². The van der Waals surface area contributed by atoms with Gasteiger partial charge in [0.15, 0.2) is 6.10 Å². The number of hydrogen-bond donors (Lipinski definition) is 2. The summed E-state index contributed by atoms with van der Waals surface area (Å²) in [5.74, 6) is -1.45. The van der Waals surface area contributed by atoms with Crippen molar-refractivity contribution >= 4 is 35.1 Å². The van der Waals surface area contributed by atoms with Crippen LogP contribution >= 0.6 is 11.6 Å². The third-order valence-corrected chi connectivity index (χ3v) is 3.93. The fraction of sp³-hybridized carbons (Fsp3) is 0.200. The van der Waals surface area contributed by atoms with Crippen LogP contribution in [0.1, 0.15) is 29.3 Å². The van der Waals surface area contributed by atoms with Gasteiger partial charge in [0.1, 0.15) is 0 Å². The summed E-state index contributed by atoms with van der Waals surface area (Å²) in [6, 6.07) is 14.6. The lowest BCUT2D eigenvalue weighted by Crippen LogP contribution is -2.32. The maximum absolute atomic E-state index is 12.1. The predicted molar refractivity (Wildman–Crippen MR) is 104 cm³/mol. The van der Waals surface area contributed by atoms with Crippen molar-refractivity contribution in [3.8, 4) is 6.07 Å². The molecule has 0 fully saturated rings. The standard InChI is InChI=1S/C20H18ClN3O4/c1-13(19(26)24-17-8-2-14(12-22)3-9-17)28-18(25)10-11-23-20(27)15-4-6-16(21)7-5-15/h2-9,13H,10-11H2,1H3,(H,23,27)(H,24,26)/t13-/m1/s1. The molecule has 0 radical (unpaired) electrons. The Morgan fingerprint density at radius 2 is 1.75 bits per heavy atom. The van der Waals surface area contributed by atoms with Gasteiger partial charge < -0.3 is 15.4 Å². The van der Waals surface area contributed by atoms with Crippen molar-refractivity contribution in [2.24, 2.45) is 0 Å². The number of ether oxygens (including phenoxy) is 1. The number of amides is 2. The Balaban J connectivity index is 1.73. The van der Waals surface area contributed by atoms with Gasteiger partial charge in [-0.1, -0.05) is 11.6 Å². The van der Waals surface area contributed by atoms with Crippen molar-refractivity contribution in [3.63, 3.8) is 0 Å². The topological polar surface area (TPSA) is 108 Å². The number of rotatable bonds is 7. The highest BCUT2D eigenvalue weighted by atomic mass is 35.5. The third-order valence-electron chi connectivity index (χ3n) is 3.68. The summed E-state index contributed by atoms with van der Waals surface area (Å²) in [5.41, 5.74) is 1.38. The van der Waals surface area contributed by atoms with Crippen molar-refractivity contribution < 1.29 is 19.1 Å². The highest BCUT2D eigenvalue weighted by Crippen LogP contribution is 2.11. The molecule has 0 aliphatic carbocycles. The minimum absolute atomic E-state index is 0.0737. The molecule has 144 valence electrons. The molecule has 0 aliphatic rings. The van der Waals surface area contributed by atoms with Crippen LogP contribution < -0.4 is 10.6 Å². The number of esters is 1. The van der Waals surface area contributed by atoms with Crippen molar-refractivity contribution in [2.45, 2.75) is 19.4 Å². The molecule has 2 rings (SSSR count). The lowest BCUT2D eigenvalue weighted by atomic mass is 10.2. The molecular weight excluding hydrogens is 382 g/mol. The third kappa shape index (κ3) is 6.41. The lowest BCUT2D eigenvalue weighted by Gasteiger charge is -2.14. The second kappa shape index (κ2) is 10.1. The molecule has 2 aromatic carbocycles. The molecule has 0 saturated heterocycles. The van der Waals surface area contributed by atoms with Gasteiger partial charge in [-0.3, -0.25) is 14.4 Å². The molecule has 0 saturated carbocycles. The van der Waals surface area contributed by atoms with Crippen LogP contribution in [-0.4, -0.2) is 30.4 Å². The molecule has 2 N–H and O–H groups in total. The maximum atomic E-state index is 12.1. The molecule has 0 heterocycles. The van der Waals surface area contributed by atoms with E-state index in [2.05, 4.69) is 10.6 Å². The first-order valence-corrected chi connectivity index (χ1v) is 8.81. The summed E-state index contributed by atoms with van der Waals surface area (Å²) < 4.78 is 5.06.